The van der Waals surface area contributed by atoms with Crippen LogP contribution in [0.15, 0.2) is 24.3 Å². The second-order valence-electron chi connectivity index (χ2n) is 9.35. The summed E-state index contributed by atoms with van der Waals surface area (Å²) in [5, 5.41) is 15.9. The number of hydrogen-bond acceptors (Lipinski definition) is 3. The van der Waals surface area contributed by atoms with E-state index in [-0.39, 0.29) is 6.10 Å². The van der Waals surface area contributed by atoms with Crippen molar-refractivity contribution in [3.8, 4) is 0 Å². The summed E-state index contributed by atoms with van der Waals surface area (Å²) in [6.07, 6.45) is 6.86. The van der Waals surface area contributed by atoms with Crippen LogP contribution < -0.4 is 5.32 Å². The van der Waals surface area contributed by atoms with Gasteiger partial charge in [0, 0.05) is 42.1 Å². The number of para-hydroxylation sites is 1. The molecule has 3 heterocycles. The van der Waals surface area contributed by atoms with Gasteiger partial charge in [-0.05, 0) is 62.1 Å². The fourth-order valence-electron chi connectivity index (χ4n) is 6.31. The van der Waals surface area contributed by atoms with Gasteiger partial charge >= 0.3 is 0 Å². The number of benzene rings is 1. The molecule has 1 saturated carbocycles. The molecular formula is C24H35N3O. The Morgan fingerprint density at radius 3 is 3.04 bits per heavy atom. The summed E-state index contributed by atoms with van der Waals surface area (Å²) in [6, 6.07) is 9.29. The molecule has 0 bridgehead atoms. The molecule has 5 rings (SSSR count). The molecule has 4 nitrogen and oxygen atoms in total. The summed E-state index contributed by atoms with van der Waals surface area (Å²) in [4.78, 5) is 6.51. The molecule has 5 atom stereocenters. The van der Waals surface area contributed by atoms with Gasteiger partial charge in [0.1, 0.15) is 0 Å². The van der Waals surface area contributed by atoms with Gasteiger partial charge in [0.15, 0.2) is 0 Å². The third kappa shape index (κ3) is 3.20. The standard InChI is InChI=1S/C24H35N3O/c1-2-3-11-25-14-20-19-13-22-24-18(17-6-4-5-7-21(17)26-24)10-12-27(22)15-16(19)8-9-23(20)28/h4-7,16,19-20,22-23,25-26,28H,2-3,8-15H2,1H3/t16-,19-,20+,22+,23+/m0/s1. The van der Waals surface area contributed by atoms with E-state index < -0.39 is 0 Å². The third-order valence-electron chi connectivity index (χ3n) is 7.80. The van der Waals surface area contributed by atoms with Crippen LogP contribution in [-0.4, -0.2) is 47.3 Å². The van der Waals surface area contributed by atoms with Gasteiger partial charge in [-0.25, -0.2) is 0 Å². The number of piperidine rings is 1. The first-order chi connectivity index (χ1) is 13.8. The number of unbranched alkanes of at least 4 members (excludes halogenated alkanes) is 1. The Morgan fingerprint density at radius 2 is 2.14 bits per heavy atom. The molecule has 152 valence electrons. The quantitative estimate of drug-likeness (QED) is 0.689. The van der Waals surface area contributed by atoms with Gasteiger partial charge in [-0.15, -0.1) is 0 Å². The highest BCUT2D eigenvalue weighted by molar-refractivity contribution is 5.85. The minimum absolute atomic E-state index is 0.132. The van der Waals surface area contributed by atoms with Gasteiger partial charge in [-0.1, -0.05) is 31.5 Å². The predicted octanol–water partition coefficient (Wildman–Crippen LogP) is 3.86. The zero-order chi connectivity index (χ0) is 19.1. The van der Waals surface area contributed by atoms with Gasteiger partial charge < -0.3 is 15.4 Å². The maximum absolute atomic E-state index is 10.8. The molecule has 1 saturated heterocycles. The van der Waals surface area contributed by atoms with Crippen molar-refractivity contribution in [1.82, 2.24) is 15.2 Å². The van der Waals surface area contributed by atoms with Crippen LogP contribution in [0.3, 0.4) is 0 Å². The van der Waals surface area contributed by atoms with E-state index in [1.807, 2.05) is 0 Å². The zero-order valence-electron chi connectivity index (χ0n) is 17.2. The predicted molar refractivity (Wildman–Crippen MR) is 114 cm³/mol. The van der Waals surface area contributed by atoms with Gasteiger partial charge in [0.2, 0.25) is 0 Å². The highest BCUT2D eigenvalue weighted by Crippen LogP contribution is 2.48. The molecule has 1 aromatic carbocycles. The Bertz CT molecular complexity index is 815. The third-order valence-corrected chi connectivity index (χ3v) is 7.80. The molecule has 2 aliphatic heterocycles. The van der Waals surface area contributed by atoms with Gasteiger partial charge in [0.05, 0.1) is 12.1 Å². The van der Waals surface area contributed by atoms with E-state index in [1.54, 1.807) is 5.56 Å². The Labute approximate surface area is 168 Å². The zero-order valence-corrected chi connectivity index (χ0v) is 17.2. The Kier molecular flexibility index (Phi) is 5.20. The normalized spacial score (nSPS) is 32.7. The lowest BCUT2D eigenvalue weighted by Gasteiger charge is -2.51. The van der Waals surface area contributed by atoms with Crippen molar-refractivity contribution in [1.29, 1.82) is 0 Å². The number of aliphatic hydroxyl groups excluding tert-OH is 1. The largest absolute Gasteiger partial charge is 0.393 e. The molecule has 0 spiro atoms. The molecule has 0 unspecified atom stereocenters. The lowest BCUT2D eigenvalue weighted by molar-refractivity contribution is -0.0549. The molecular weight excluding hydrogens is 346 g/mol. The Hall–Kier alpha value is -1.36. The van der Waals surface area contributed by atoms with Crippen LogP contribution in [0.1, 0.15) is 56.3 Å². The minimum atomic E-state index is -0.132. The molecule has 0 amide bonds. The Morgan fingerprint density at radius 1 is 1.25 bits per heavy atom. The number of hydrogen-bond donors (Lipinski definition) is 3. The van der Waals surface area contributed by atoms with Crippen LogP contribution >= 0.6 is 0 Å². The van der Waals surface area contributed by atoms with Crippen LogP contribution in [0.25, 0.3) is 10.9 Å². The maximum Gasteiger partial charge on any atom is 0.0583 e. The fraction of sp³-hybridized carbons (Fsp3) is 0.667. The van der Waals surface area contributed by atoms with E-state index >= 15 is 0 Å². The van der Waals surface area contributed by atoms with E-state index in [1.165, 1.54) is 55.4 Å². The van der Waals surface area contributed by atoms with Crippen molar-refractivity contribution in [2.45, 2.75) is 57.6 Å². The van der Waals surface area contributed by atoms with E-state index in [2.05, 4.69) is 46.4 Å². The highest BCUT2D eigenvalue weighted by Gasteiger charge is 2.46. The first-order valence-corrected chi connectivity index (χ1v) is 11.5. The molecule has 1 aromatic heterocycles. The number of aromatic nitrogens is 1. The molecule has 3 aliphatic rings. The Balaban J connectivity index is 1.39. The lowest BCUT2D eigenvalue weighted by Crippen LogP contribution is -2.53. The van der Waals surface area contributed by atoms with E-state index in [0.717, 1.165) is 31.8 Å². The first-order valence-electron chi connectivity index (χ1n) is 11.5. The van der Waals surface area contributed by atoms with Crippen molar-refractivity contribution in [2.75, 3.05) is 26.2 Å². The minimum Gasteiger partial charge on any atom is -0.393 e. The van der Waals surface area contributed by atoms with Crippen molar-refractivity contribution in [3.05, 3.63) is 35.5 Å². The topological polar surface area (TPSA) is 51.3 Å². The average Bonchev–Trinajstić information content (AvgIpc) is 3.10. The second-order valence-corrected chi connectivity index (χ2v) is 9.35. The van der Waals surface area contributed by atoms with E-state index in [4.69, 9.17) is 0 Å². The summed E-state index contributed by atoms with van der Waals surface area (Å²) in [6.45, 7) is 6.70. The smallest absolute Gasteiger partial charge is 0.0583 e. The number of aliphatic hydroxyl groups is 1. The average molecular weight is 382 g/mol. The van der Waals surface area contributed by atoms with Crippen LogP contribution in [0, 0.1) is 17.8 Å². The molecule has 1 aliphatic carbocycles. The summed E-state index contributed by atoms with van der Waals surface area (Å²) in [7, 11) is 0. The molecule has 2 aromatic rings. The summed E-state index contributed by atoms with van der Waals surface area (Å²) in [5.41, 5.74) is 4.30. The summed E-state index contributed by atoms with van der Waals surface area (Å²) in [5.74, 6) is 1.80. The summed E-state index contributed by atoms with van der Waals surface area (Å²) >= 11 is 0. The molecule has 4 heteroatoms. The molecule has 28 heavy (non-hydrogen) atoms. The number of rotatable bonds is 5. The first kappa shape index (κ1) is 18.7. The van der Waals surface area contributed by atoms with Crippen molar-refractivity contribution in [3.63, 3.8) is 0 Å². The van der Waals surface area contributed by atoms with Crippen LogP contribution in [0.2, 0.25) is 0 Å². The van der Waals surface area contributed by atoms with Crippen molar-refractivity contribution in [2.24, 2.45) is 17.8 Å². The van der Waals surface area contributed by atoms with Crippen LogP contribution in [0.5, 0.6) is 0 Å². The molecule has 0 radical (unpaired) electrons. The SMILES string of the molecule is CCCCNC[C@@H]1[C@H]2C[C@@H]3c4[nH]c5ccccc5c4CCN3C[C@@H]2CC[C@H]1O. The number of H-pyrrole nitrogens is 1. The van der Waals surface area contributed by atoms with Gasteiger partial charge in [-0.3, -0.25) is 4.90 Å². The second kappa shape index (κ2) is 7.81. The number of nitrogens with one attached hydrogen (secondary N) is 2. The van der Waals surface area contributed by atoms with E-state index in [9.17, 15) is 5.11 Å². The summed E-state index contributed by atoms with van der Waals surface area (Å²) < 4.78 is 0. The van der Waals surface area contributed by atoms with Crippen molar-refractivity contribution < 1.29 is 5.11 Å². The van der Waals surface area contributed by atoms with Gasteiger partial charge in [-0.2, -0.15) is 0 Å². The number of fused-ring (bicyclic) bond motifs is 6. The van der Waals surface area contributed by atoms with Crippen LogP contribution in [0.4, 0.5) is 0 Å². The van der Waals surface area contributed by atoms with Crippen molar-refractivity contribution >= 4 is 10.9 Å². The highest BCUT2D eigenvalue weighted by atomic mass is 16.3. The lowest BCUT2D eigenvalue weighted by atomic mass is 9.65. The van der Waals surface area contributed by atoms with E-state index in [0.29, 0.717) is 17.9 Å². The number of aromatic amines is 1. The molecule has 3 N–H and O–H groups in total. The van der Waals surface area contributed by atoms with Gasteiger partial charge in [0.25, 0.3) is 0 Å². The fourth-order valence-corrected chi connectivity index (χ4v) is 6.31. The monoisotopic (exact) mass is 381 g/mol. The van der Waals surface area contributed by atoms with Crippen LogP contribution in [-0.2, 0) is 6.42 Å². The molecule has 2 fully saturated rings. The number of nitrogens with zero attached hydrogens (tertiary/aromatic N) is 1. The maximum atomic E-state index is 10.8.